The molecule has 0 bridgehead atoms. The fraction of sp³-hybridized carbons (Fsp3) is 0.632. The van der Waals surface area contributed by atoms with Crippen molar-refractivity contribution >= 4 is 5.78 Å². The lowest BCUT2D eigenvalue weighted by Gasteiger charge is -2.59. The van der Waals surface area contributed by atoms with Crippen molar-refractivity contribution in [2.24, 2.45) is 5.92 Å². The Morgan fingerprint density at radius 1 is 0.762 bits per heavy atom. The van der Waals surface area contributed by atoms with Crippen molar-refractivity contribution in [2.75, 3.05) is 13.7 Å². The number of hydrogen-bond donors (Lipinski definition) is 19. The first-order valence-electron chi connectivity index (χ1n) is 10.9. The summed E-state index contributed by atoms with van der Waals surface area (Å²) >= 11 is 0. The van der Waals surface area contributed by atoms with Gasteiger partial charge in [-0.1, -0.05) is 0 Å². The van der Waals surface area contributed by atoms with E-state index in [2.05, 4.69) is 9.47 Å². The van der Waals surface area contributed by atoms with Gasteiger partial charge in [0, 0.05) is 6.54 Å². The zero-order valence-electron chi connectivity index (χ0n) is 20.7. The van der Waals surface area contributed by atoms with Gasteiger partial charge in [-0.3, -0.25) is 4.79 Å². The van der Waals surface area contributed by atoms with Crippen molar-refractivity contribution < 1.29 is 111 Å². The van der Waals surface area contributed by atoms with E-state index in [0.717, 1.165) is 0 Å². The van der Waals surface area contributed by atoms with Gasteiger partial charge < -0.3 is 106 Å². The monoisotopic (exact) mass is 621 g/mol. The van der Waals surface area contributed by atoms with Crippen molar-refractivity contribution in [2.45, 2.75) is 53.3 Å². The van der Waals surface area contributed by atoms with Crippen molar-refractivity contribution in [3.8, 4) is 23.0 Å². The molecule has 2 heterocycles. The second-order valence-electron chi connectivity index (χ2n) is 9.62. The largest absolute Gasteiger partial charge is 0.504 e. The van der Waals surface area contributed by atoms with Crippen molar-refractivity contribution in [3.05, 3.63) is 11.1 Å². The first kappa shape index (κ1) is 33.9. The van der Waals surface area contributed by atoms with Crippen LogP contribution in [0.4, 0.5) is 0 Å². The Bertz CT molecular complexity index is 1260. The molecule has 240 valence electrons. The minimum Gasteiger partial charge on any atom is -0.504 e. The second kappa shape index (κ2) is 9.19. The molecule has 23 heteroatoms. The average Bonchev–Trinajstić information content (AvgIpc) is 2.76. The van der Waals surface area contributed by atoms with Gasteiger partial charge in [0.2, 0.25) is 17.3 Å². The van der Waals surface area contributed by atoms with Gasteiger partial charge >= 0.3 is 18.1 Å². The molecule has 0 amide bonds. The summed E-state index contributed by atoms with van der Waals surface area (Å²) in [4.78, 5) is 12.6. The molecule has 1 aromatic carbocycles. The number of carbonyl (C=O) groups is 1. The number of ether oxygens (including phenoxy) is 2. The van der Waals surface area contributed by atoms with Gasteiger partial charge in [-0.15, -0.1) is 0 Å². The number of phenols is 2. The van der Waals surface area contributed by atoms with Crippen LogP contribution in [0.25, 0.3) is 0 Å². The summed E-state index contributed by atoms with van der Waals surface area (Å²) in [5.74, 6) is -35.3. The molecule has 2 unspecified atom stereocenters. The minimum atomic E-state index is -5.21. The SMILES string of the molecule is COc1c(O)c2c(c(O)c1OC(O)(O)O)C1(O)CC(=O)C(C(O)(O)C(O)(C(O)(O)O)C(O)(O)O)CN1C(O)(O)C2(O)O. The van der Waals surface area contributed by atoms with E-state index >= 15 is 0 Å². The van der Waals surface area contributed by atoms with Crippen LogP contribution in [-0.4, -0.2) is 157 Å². The Hall–Kier alpha value is -2.63. The molecule has 0 aliphatic carbocycles. The van der Waals surface area contributed by atoms with Crippen molar-refractivity contribution in [1.82, 2.24) is 4.90 Å². The number of ketones is 1. The highest BCUT2D eigenvalue weighted by Crippen LogP contribution is 2.62. The van der Waals surface area contributed by atoms with Crippen LogP contribution in [0.15, 0.2) is 0 Å². The van der Waals surface area contributed by atoms with E-state index in [9.17, 15) is 102 Å². The zero-order chi connectivity index (χ0) is 33.0. The number of nitrogens with zero attached hydrogens (tertiary/aromatic N) is 1. The summed E-state index contributed by atoms with van der Waals surface area (Å²) in [6.45, 7) is -2.00. The van der Waals surface area contributed by atoms with Gasteiger partial charge in [0.1, 0.15) is 5.78 Å². The van der Waals surface area contributed by atoms with Gasteiger partial charge in [-0.25, -0.2) is 4.90 Å². The van der Waals surface area contributed by atoms with Gasteiger partial charge in [0.25, 0.3) is 17.3 Å². The lowest BCUT2D eigenvalue weighted by molar-refractivity contribution is -0.547. The molecule has 1 aromatic rings. The summed E-state index contributed by atoms with van der Waals surface area (Å²) < 4.78 is 8.85. The normalized spacial score (nSPS) is 25.1. The maximum Gasteiger partial charge on any atom is 0.453 e. The van der Waals surface area contributed by atoms with E-state index in [1.165, 1.54) is 0 Å². The molecule has 42 heavy (non-hydrogen) atoms. The van der Waals surface area contributed by atoms with E-state index < -0.39 is 111 Å². The maximum atomic E-state index is 13.1. The Kier molecular flexibility index (Phi) is 7.41. The number of aliphatic hydroxyl groups is 17. The minimum absolute atomic E-state index is 0.503. The third-order valence-electron chi connectivity index (χ3n) is 7.01. The van der Waals surface area contributed by atoms with E-state index in [1.54, 1.807) is 0 Å². The van der Waals surface area contributed by atoms with Crippen LogP contribution in [0.5, 0.6) is 23.0 Å². The number of Topliss-reactive ketones (excluding diaryl/α,β-unsaturated/α-hetero) is 1. The van der Waals surface area contributed by atoms with Crippen LogP contribution < -0.4 is 9.47 Å². The molecule has 1 saturated heterocycles. The molecule has 2 atom stereocenters. The number of phenolic OH excluding ortho intramolecular Hbond substituents is 2. The standard InChI is InChI=1S/C19H27NO22/c1-41-10-9(23)7-6(8(22)11(10)42-19(38,39)40)12(24)2-5(21)4(3-20(12)16(30,31)14(7,27)28)13(25,26)15(29,17(32,33)34)18(35,36)37/h4,22-40H,2-3H2,1H3. The number of piperidine rings is 1. The fourth-order valence-electron chi connectivity index (χ4n) is 5.01. The number of aromatic hydroxyl groups is 2. The highest BCUT2D eigenvalue weighted by Gasteiger charge is 2.79. The Morgan fingerprint density at radius 2 is 1.21 bits per heavy atom. The molecule has 2 aliphatic heterocycles. The average molecular weight is 621 g/mol. The summed E-state index contributed by atoms with van der Waals surface area (Å²) in [5.41, 5.74) is -12.1. The van der Waals surface area contributed by atoms with Gasteiger partial charge in [-0.05, 0) is 0 Å². The van der Waals surface area contributed by atoms with Crippen LogP contribution >= 0.6 is 0 Å². The number of hydrogen-bond acceptors (Lipinski definition) is 23. The Balaban J connectivity index is 2.38. The molecular formula is C19H27NO22. The van der Waals surface area contributed by atoms with Crippen LogP contribution in [0.3, 0.4) is 0 Å². The van der Waals surface area contributed by atoms with Crippen LogP contribution in [-0.2, 0) is 16.3 Å². The second-order valence-corrected chi connectivity index (χ2v) is 9.62. The van der Waals surface area contributed by atoms with Crippen molar-refractivity contribution in [3.63, 3.8) is 0 Å². The highest BCUT2D eigenvalue weighted by molar-refractivity contribution is 5.85. The Morgan fingerprint density at radius 3 is 1.62 bits per heavy atom. The number of fused-ring (bicyclic) bond motifs is 3. The number of rotatable bonds is 7. The molecule has 23 nitrogen and oxygen atoms in total. The zero-order valence-corrected chi connectivity index (χ0v) is 20.7. The van der Waals surface area contributed by atoms with Crippen LogP contribution in [0.1, 0.15) is 17.5 Å². The lowest BCUT2D eigenvalue weighted by Crippen LogP contribution is -2.83. The number of carbonyl (C=O) groups excluding carboxylic acids is 1. The van der Waals surface area contributed by atoms with Crippen LogP contribution in [0.2, 0.25) is 0 Å². The van der Waals surface area contributed by atoms with E-state index in [1.807, 2.05) is 0 Å². The third-order valence-corrected chi connectivity index (χ3v) is 7.01. The van der Waals surface area contributed by atoms with Gasteiger partial charge in [0.15, 0.2) is 17.2 Å². The molecule has 0 radical (unpaired) electrons. The fourth-order valence-corrected chi connectivity index (χ4v) is 5.01. The Labute approximate surface area is 229 Å². The first-order valence-corrected chi connectivity index (χ1v) is 10.9. The highest BCUT2D eigenvalue weighted by atomic mass is 16.9. The molecule has 19 N–H and O–H groups in total. The quantitative estimate of drug-likeness (QED) is 0.0992. The summed E-state index contributed by atoms with van der Waals surface area (Å²) in [6, 6.07) is 0. The van der Waals surface area contributed by atoms with E-state index in [0.29, 0.717) is 7.11 Å². The molecule has 0 aromatic heterocycles. The third kappa shape index (κ3) is 4.29. The lowest BCUT2D eigenvalue weighted by atomic mass is 9.69. The predicted octanol–water partition coefficient (Wildman–Crippen LogP) is -10.4. The summed E-state index contributed by atoms with van der Waals surface area (Å²) in [5, 5.41) is 191. The predicted molar refractivity (Wildman–Crippen MR) is 114 cm³/mol. The van der Waals surface area contributed by atoms with Gasteiger partial charge in [-0.2, -0.15) is 0 Å². The van der Waals surface area contributed by atoms with Gasteiger partial charge in [0.05, 0.1) is 30.6 Å². The van der Waals surface area contributed by atoms with E-state index in [4.69, 9.17) is 0 Å². The molecule has 3 rings (SSSR count). The topological polar surface area (TPSA) is 423 Å². The smallest absolute Gasteiger partial charge is 0.453 e. The summed E-state index contributed by atoms with van der Waals surface area (Å²) in [6.07, 6.45) is -6.08. The molecule has 0 spiro atoms. The number of benzene rings is 1. The van der Waals surface area contributed by atoms with Crippen LogP contribution in [0, 0.1) is 5.92 Å². The molecular weight excluding hydrogens is 594 g/mol. The maximum absolute atomic E-state index is 13.1. The molecule has 0 saturated carbocycles. The number of methoxy groups -OCH3 is 1. The first-order chi connectivity index (χ1) is 18.5. The molecule has 2 aliphatic rings. The van der Waals surface area contributed by atoms with Crippen molar-refractivity contribution in [1.29, 1.82) is 0 Å². The van der Waals surface area contributed by atoms with E-state index in [-0.39, 0.29) is 0 Å². The molecule has 1 fully saturated rings. The summed E-state index contributed by atoms with van der Waals surface area (Å²) in [7, 11) is 0.679.